The van der Waals surface area contributed by atoms with Crippen LogP contribution in [0, 0.1) is 0 Å². The first-order valence-electron chi connectivity index (χ1n) is 4.08. The van der Waals surface area contributed by atoms with Gasteiger partial charge >= 0.3 is 0 Å². The number of hydrogen-bond donors (Lipinski definition) is 0. The highest BCUT2D eigenvalue weighted by Gasteiger charge is 1.97. The highest BCUT2D eigenvalue weighted by molar-refractivity contribution is 9.10. The van der Waals surface area contributed by atoms with Gasteiger partial charge in [-0.15, -0.1) is 0 Å². The molecule has 70 valence electrons. The maximum Gasteiger partial charge on any atom is 0.0646 e. The molecule has 0 aliphatic rings. The van der Waals surface area contributed by atoms with Crippen LogP contribution in [0.3, 0.4) is 0 Å². The summed E-state index contributed by atoms with van der Waals surface area (Å²) >= 11 is 3.43. The van der Waals surface area contributed by atoms with Gasteiger partial charge in [0.15, 0.2) is 0 Å². The van der Waals surface area contributed by atoms with E-state index in [9.17, 15) is 0 Å². The minimum atomic E-state index is 1.02. The van der Waals surface area contributed by atoms with E-state index < -0.39 is 0 Å². The summed E-state index contributed by atoms with van der Waals surface area (Å²) in [5.74, 6) is 0. The third-order valence-corrected chi connectivity index (χ3v) is 2.09. The van der Waals surface area contributed by atoms with Crippen LogP contribution in [0.1, 0.15) is 12.5 Å². The van der Waals surface area contributed by atoms with Crippen molar-refractivity contribution in [3.05, 3.63) is 34.3 Å². The second-order valence-corrected chi connectivity index (χ2v) is 3.96. The Kier molecular flexibility index (Phi) is 3.48. The monoisotopic (exact) mass is 240 g/mol. The fraction of sp³-hybridized carbons (Fsp3) is 0.300. The van der Waals surface area contributed by atoms with Crippen molar-refractivity contribution in [1.29, 1.82) is 0 Å². The average molecular weight is 241 g/mol. The van der Waals surface area contributed by atoms with Gasteiger partial charge in [0.05, 0.1) is 5.71 Å². The zero-order chi connectivity index (χ0) is 9.84. The zero-order valence-corrected chi connectivity index (χ0v) is 9.67. The topological polar surface area (TPSA) is 15.6 Å². The van der Waals surface area contributed by atoms with Gasteiger partial charge in [-0.3, -0.25) is 0 Å². The fourth-order valence-corrected chi connectivity index (χ4v) is 1.47. The molecule has 0 fully saturated rings. The van der Waals surface area contributed by atoms with Crippen molar-refractivity contribution in [1.82, 2.24) is 5.01 Å². The highest BCUT2D eigenvalue weighted by Crippen LogP contribution is 2.12. The largest absolute Gasteiger partial charge is 0.303 e. The summed E-state index contributed by atoms with van der Waals surface area (Å²) in [4.78, 5) is 0. The molecule has 0 amide bonds. The summed E-state index contributed by atoms with van der Waals surface area (Å²) in [6.07, 6.45) is 0. The quantitative estimate of drug-likeness (QED) is 0.574. The van der Waals surface area contributed by atoms with Gasteiger partial charge in [-0.05, 0) is 24.6 Å². The molecule has 0 unspecified atom stereocenters. The average Bonchev–Trinajstić information content (AvgIpc) is 2.03. The van der Waals surface area contributed by atoms with Crippen molar-refractivity contribution in [3.63, 3.8) is 0 Å². The number of rotatable bonds is 2. The van der Waals surface area contributed by atoms with Crippen LogP contribution in [0.2, 0.25) is 0 Å². The molecular formula is C10H13BrN2. The van der Waals surface area contributed by atoms with E-state index in [0.717, 1.165) is 15.7 Å². The van der Waals surface area contributed by atoms with Crippen molar-refractivity contribution < 1.29 is 0 Å². The van der Waals surface area contributed by atoms with Crippen LogP contribution < -0.4 is 0 Å². The first-order valence-corrected chi connectivity index (χ1v) is 4.87. The number of nitrogens with zero attached hydrogens (tertiary/aromatic N) is 2. The Morgan fingerprint density at radius 1 is 1.38 bits per heavy atom. The smallest absolute Gasteiger partial charge is 0.0646 e. The molecule has 2 nitrogen and oxygen atoms in total. The predicted molar refractivity (Wildman–Crippen MR) is 60.0 cm³/mol. The molecule has 13 heavy (non-hydrogen) atoms. The molecule has 3 heteroatoms. The predicted octanol–water partition coefficient (Wildman–Crippen LogP) is 2.73. The molecule has 0 spiro atoms. The molecule has 0 aromatic heterocycles. The second-order valence-electron chi connectivity index (χ2n) is 3.04. The van der Waals surface area contributed by atoms with E-state index in [1.54, 1.807) is 5.01 Å². The van der Waals surface area contributed by atoms with Gasteiger partial charge < -0.3 is 5.01 Å². The van der Waals surface area contributed by atoms with Gasteiger partial charge in [-0.1, -0.05) is 28.1 Å². The van der Waals surface area contributed by atoms with Gasteiger partial charge in [0, 0.05) is 18.6 Å². The van der Waals surface area contributed by atoms with Crippen LogP contribution in [0.5, 0.6) is 0 Å². The van der Waals surface area contributed by atoms with E-state index in [1.165, 1.54) is 0 Å². The Morgan fingerprint density at radius 3 is 2.62 bits per heavy atom. The molecule has 0 aliphatic carbocycles. The minimum absolute atomic E-state index is 1.02. The minimum Gasteiger partial charge on any atom is -0.303 e. The second kappa shape index (κ2) is 4.42. The summed E-state index contributed by atoms with van der Waals surface area (Å²) in [5, 5.41) is 6.12. The molecule has 0 heterocycles. The Morgan fingerprint density at radius 2 is 2.08 bits per heavy atom. The lowest BCUT2D eigenvalue weighted by atomic mass is 10.1. The first-order chi connectivity index (χ1) is 6.09. The molecule has 1 aromatic carbocycles. The Bertz CT molecular complexity index is 318. The molecule has 0 radical (unpaired) electrons. The highest BCUT2D eigenvalue weighted by atomic mass is 79.9. The fourth-order valence-electron chi connectivity index (χ4n) is 1.07. The summed E-state index contributed by atoms with van der Waals surface area (Å²) in [5.41, 5.74) is 2.16. The number of halogens is 1. The van der Waals surface area contributed by atoms with Crippen molar-refractivity contribution in [2.75, 3.05) is 14.1 Å². The first kappa shape index (κ1) is 10.3. The SMILES string of the molecule is CC(=NN(C)C)c1cccc(Br)c1. The molecular weight excluding hydrogens is 228 g/mol. The Hall–Kier alpha value is -0.830. The summed E-state index contributed by atoms with van der Waals surface area (Å²) in [6.45, 7) is 2.00. The van der Waals surface area contributed by atoms with Crippen LogP contribution in [0.15, 0.2) is 33.8 Å². The van der Waals surface area contributed by atoms with Gasteiger partial charge in [0.25, 0.3) is 0 Å². The number of hydrazone groups is 1. The normalized spacial score (nSPS) is 11.5. The molecule has 0 N–H and O–H groups in total. The number of hydrogen-bond acceptors (Lipinski definition) is 2. The van der Waals surface area contributed by atoms with Crippen LogP contribution in [-0.2, 0) is 0 Å². The Balaban J connectivity index is 2.95. The van der Waals surface area contributed by atoms with Gasteiger partial charge in [0.2, 0.25) is 0 Å². The molecule has 0 saturated heterocycles. The van der Waals surface area contributed by atoms with Crippen molar-refractivity contribution in [2.24, 2.45) is 5.10 Å². The molecule has 1 rings (SSSR count). The van der Waals surface area contributed by atoms with Crippen molar-refractivity contribution >= 4 is 21.6 Å². The summed E-state index contributed by atoms with van der Waals surface area (Å²) in [6, 6.07) is 8.12. The van der Waals surface area contributed by atoms with Gasteiger partial charge in [-0.25, -0.2) is 0 Å². The maximum atomic E-state index is 4.32. The zero-order valence-electron chi connectivity index (χ0n) is 8.08. The van der Waals surface area contributed by atoms with Gasteiger partial charge in [-0.2, -0.15) is 5.10 Å². The van der Waals surface area contributed by atoms with Crippen LogP contribution in [0.4, 0.5) is 0 Å². The number of benzene rings is 1. The molecule has 0 bridgehead atoms. The van der Waals surface area contributed by atoms with Crippen molar-refractivity contribution in [3.8, 4) is 0 Å². The molecule has 0 aliphatic heterocycles. The molecule has 0 saturated carbocycles. The lowest BCUT2D eigenvalue weighted by Crippen LogP contribution is -2.07. The maximum absolute atomic E-state index is 4.32. The van der Waals surface area contributed by atoms with E-state index in [1.807, 2.05) is 39.2 Å². The van der Waals surface area contributed by atoms with E-state index in [-0.39, 0.29) is 0 Å². The summed E-state index contributed by atoms with van der Waals surface area (Å²) < 4.78 is 1.08. The van der Waals surface area contributed by atoms with Crippen LogP contribution in [0.25, 0.3) is 0 Å². The Labute approximate surface area is 87.4 Å². The lowest BCUT2D eigenvalue weighted by molar-refractivity contribution is 0.438. The van der Waals surface area contributed by atoms with E-state index >= 15 is 0 Å². The van der Waals surface area contributed by atoms with E-state index in [2.05, 4.69) is 27.1 Å². The standard InChI is InChI=1S/C10H13BrN2/c1-8(12-13(2)3)9-5-4-6-10(11)7-9/h4-7H,1-3H3. The van der Waals surface area contributed by atoms with E-state index in [4.69, 9.17) is 0 Å². The van der Waals surface area contributed by atoms with E-state index in [0.29, 0.717) is 0 Å². The third-order valence-electron chi connectivity index (χ3n) is 1.59. The third kappa shape index (κ3) is 3.19. The van der Waals surface area contributed by atoms with Gasteiger partial charge in [0.1, 0.15) is 0 Å². The molecule has 1 aromatic rings. The van der Waals surface area contributed by atoms with Crippen molar-refractivity contribution in [2.45, 2.75) is 6.92 Å². The lowest BCUT2D eigenvalue weighted by Gasteiger charge is -2.07. The van der Waals surface area contributed by atoms with Crippen LogP contribution in [-0.4, -0.2) is 24.8 Å². The summed E-state index contributed by atoms with van der Waals surface area (Å²) in [7, 11) is 3.84. The molecule has 0 atom stereocenters. The van der Waals surface area contributed by atoms with Crippen LogP contribution >= 0.6 is 15.9 Å².